The predicted octanol–water partition coefficient (Wildman–Crippen LogP) is 7.07. The number of aryl methyl sites for hydroxylation is 3. The summed E-state index contributed by atoms with van der Waals surface area (Å²) < 4.78 is 5.61. The van der Waals surface area contributed by atoms with E-state index in [-0.39, 0.29) is 24.3 Å². The van der Waals surface area contributed by atoms with Crippen molar-refractivity contribution in [3.63, 3.8) is 0 Å². The number of ketones is 1. The van der Waals surface area contributed by atoms with Gasteiger partial charge in [-0.2, -0.15) is 0 Å². The lowest BCUT2D eigenvalue weighted by Gasteiger charge is -2.38. The number of Topliss-reactive ketones (excluding diaryl/α,β-unsaturated/α-hetero) is 1. The average Bonchev–Trinajstić information content (AvgIpc) is 3.40. The largest absolute Gasteiger partial charge is 0.463 e. The van der Waals surface area contributed by atoms with Gasteiger partial charge in [-0.25, -0.2) is 4.79 Å². The molecule has 5 rings (SSSR count). The second-order valence-electron chi connectivity index (χ2n) is 11.8. The lowest BCUT2D eigenvalue weighted by molar-refractivity contribution is -0.138. The summed E-state index contributed by atoms with van der Waals surface area (Å²) in [6, 6.07) is 12.1. The number of esters is 1. The molecule has 39 heavy (non-hydrogen) atoms. The lowest BCUT2D eigenvalue weighted by Crippen LogP contribution is -2.37. The van der Waals surface area contributed by atoms with Crippen molar-refractivity contribution in [1.82, 2.24) is 5.32 Å². The number of rotatable bonds is 7. The van der Waals surface area contributed by atoms with E-state index in [1.807, 2.05) is 31.2 Å². The molecule has 2 atom stereocenters. The van der Waals surface area contributed by atoms with Crippen LogP contribution in [0, 0.1) is 26.7 Å². The van der Waals surface area contributed by atoms with Gasteiger partial charge in [0.1, 0.15) is 0 Å². The smallest absolute Gasteiger partial charge is 0.336 e. The fourth-order valence-corrected chi connectivity index (χ4v) is 7.36. The molecule has 2 aromatic carbocycles. The van der Waals surface area contributed by atoms with Gasteiger partial charge in [-0.15, -0.1) is 0 Å². The molecule has 3 N–H and O–H groups in total. The van der Waals surface area contributed by atoms with Crippen LogP contribution in [0.4, 0.5) is 5.69 Å². The summed E-state index contributed by atoms with van der Waals surface area (Å²) in [6.07, 6.45) is 8.05. The monoisotopic (exact) mass is 526 g/mol. The first-order valence-electron chi connectivity index (χ1n) is 14.6. The normalized spacial score (nSPS) is 21.7. The van der Waals surface area contributed by atoms with E-state index in [1.54, 1.807) is 0 Å². The average molecular weight is 527 g/mol. The zero-order valence-corrected chi connectivity index (χ0v) is 23.9. The van der Waals surface area contributed by atoms with Crippen molar-refractivity contribution in [2.45, 2.75) is 90.9 Å². The van der Waals surface area contributed by atoms with Crippen LogP contribution in [0.2, 0.25) is 0 Å². The van der Waals surface area contributed by atoms with Crippen LogP contribution in [0.1, 0.15) is 97.9 Å². The van der Waals surface area contributed by atoms with Crippen LogP contribution in [0.5, 0.6) is 0 Å². The second-order valence-corrected chi connectivity index (χ2v) is 11.8. The van der Waals surface area contributed by atoms with Crippen molar-refractivity contribution >= 4 is 17.4 Å². The maximum atomic E-state index is 14.1. The number of benzene rings is 2. The summed E-state index contributed by atoms with van der Waals surface area (Å²) in [5.74, 6) is 0.0624. The number of carbonyl (C=O) groups is 2. The SMILES string of the molecule is CCOC(=O)C1=C(CCC2CCCC2)NC2=C(C(=O)CC(c3c(C)cc(C)cc3C)C2)C1c1cccc(N)c1. The zero-order valence-electron chi connectivity index (χ0n) is 23.9. The molecule has 2 aliphatic carbocycles. The minimum Gasteiger partial charge on any atom is -0.463 e. The fraction of sp³-hybridized carbons (Fsp3) is 0.471. The van der Waals surface area contributed by atoms with Gasteiger partial charge in [0.2, 0.25) is 0 Å². The summed E-state index contributed by atoms with van der Waals surface area (Å²) >= 11 is 0. The highest BCUT2D eigenvalue weighted by molar-refractivity contribution is 6.04. The molecule has 1 saturated carbocycles. The number of nitrogens with one attached hydrogen (secondary N) is 1. The molecular weight excluding hydrogens is 484 g/mol. The molecule has 1 heterocycles. The maximum absolute atomic E-state index is 14.1. The van der Waals surface area contributed by atoms with Crippen LogP contribution in [0.15, 0.2) is 58.9 Å². The van der Waals surface area contributed by atoms with Gasteiger partial charge in [-0.1, -0.05) is 55.5 Å². The van der Waals surface area contributed by atoms with Crippen LogP contribution < -0.4 is 11.1 Å². The van der Waals surface area contributed by atoms with Gasteiger partial charge in [-0.3, -0.25) is 4.79 Å². The van der Waals surface area contributed by atoms with Crippen molar-refractivity contribution in [2.24, 2.45) is 5.92 Å². The summed E-state index contributed by atoms with van der Waals surface area (Å²) in [5, 5.41) is 3.67. The first-order chi connectivity index (χ1) is 18.8. The van der Waals surface area contributed by atoms with Gasteiger partial charge in [0.25, 0.3) is 0 Å². The number of carbonyl (C=O) groups excluding carboxylic acids is 2. The molecule has 1 fully saturated rings. The van der Waals surface area contributed by atoms with E-state index >= 15 is 0 Å². The maximum Gasteiger partial charge on any atom is 0.336 e. The Morgan fingerprint density at radius 1 is 1.05 bits per heavy atom. The topological polar surface area (TPSA) is 81.4 Å². The van der Waals surface area contributed by atoms with E-state index < -0.39 is 5.92 Å². The number of allylic oxidation sites excluding steroid dienone is 3. The molecule has 0 saturated heterocycles. The molecule has 0 radical (unpaired) electrons. The molecule has 5 nitrogen and oxygen atoms in total. The lowest BCUT2D eigenvalue weighted by atomic mass is 9.70. The van der Waals surface area contributed by atoms with Crippen LogP contribution in [0.3, 0.4) is 0 Å². The summed E-state index contributed by atoms with van der Waals surface area (Å²) in [5.41, 5.74) is 15.9. The third-order valence-electron chi connectivity index (χ3n) is 8.88. The number of ether oxygens (including phenoxy) is 1. The molecule has 0 spiro atoms. The van der Waals surface area contributed by atoms with Crippen molar-refractivity contribution in [1.29, 1.82) is 0 Å². The Labute approximate surface area is 232 Å². The Hall–Kier alpha value is -3.34. The van der Waals surface area contributed by atoms with Gasteiger partial charge in [0.05, 0.1) is 12.2 Å². The molecular formula is C34H42N2O3. The van der Waals surface area contributed by atoms with Crippen molar-refractivity contribution < 1.29 is 14.3 Å². The van der Waals surface area contributed by atoms with Gasteiger partial charge in [0, 0.05) is 35.0 Å². The Kier molecular flexibility index (Phi) is 7.97. The first-order valence-corrected chi connectivity index (χ1v) is 14.6. The number of dihydropyridines is 1. The van der Waals surface area contributed by atoms with Crippen LogP contribution in [0.25, 0.3) is 0 Å². The number of nitrogens with two attached hydrogens (primary N) is 1. The minimum absolute atomic E-state index is 0.0946. The molecule has 0 amide bonds. The van der Waals surface area contributed by atoms with E-state index in [0.717, 1.165) is 36.2 Å². The van der Waals surface area contributed by atoms with E-state index in [1.165, 1.54) is 47.9 Å². The molecule has 0 aromatic heterocycles. The standard InChI is InChI=1S/C34H42N2O3/c1-5-39-34(38)33-27(14-13-23-9-6-7-10-23)36-28-18-25(30-21(3)15-20(2)16-22(30)4)19-29(37)32(28)31(33)24-11-8-12-26(35)17-24/h8,11-12,15-17,23,25,31,36H,5-7,9-10,13-14,18-19,35H2,1-4H3. The number of hydrogen-bond acceptors (Lipinski definition) is 5. The number of anilines is 1. The first kappa shape index (κ1) is 27.2. The van der Waals surface area contributed by atoms with E-state index in [4.69, 9.17) is 10.5 Å². The molecule has 1 aliphatic heterocycles. The highest BCUT2D eigenvalue weighted by atomic mass is 16.5. The van der Waals surface area contributed by atoms with Crippen LogP contribution in [-0.4, -0.2) is 18.4 Å². The highest BCUT2D eigenvalue weighted by Crippen LogP contribution is 2.48. The van der Waals surface area contributed by atoms with E-state index in [2.05, 4.69) is 38.2 Å². The Bertz CT molecular complexity index is 1320. The Balaban J connectivity index is 1.60. The minimum atomic E-state index is -0.476. The summed E-state index contributed by atoms with van der Waals surface area (Å²) in [7, 11) is 0. The summed E-state index contributed by atoms with van der Waals surface area (Å²) in [6.45, 7) is 8.54. The fourth-order valence-electron chi connectivity index (χ4n) is 7.36. The third-order valence-corrected chi connectivity index (χ3v) is 8.88. The summed E-state index contributed by atoms with van der Waals surface area (Å²) in [4.78, 5) is 27.6. The second kappa shape index (κ2) is 11.4. The molecule has 2 unspecified atom stereocenters. The van der Waals surface area contributed by atoms with Crippen molar-refractivity contribution in [3.8, 4) is 0 Å². The highest BCUT2D eigenvalue weighted by Gasteiger charge is 2.42. The zero-order chi connectivity index (χ0) is 27.7. The van der Waals surface area contributed by atoms with Crippen LogP contribution in [-0.2, 0) is 14.3 Å². The van der Waals surface area contributed by atoms with Crippen molar-refractivity contribution in [2.75, 3.05) is 12.3 Å². The third kappa shape index (κ3) is 5.54. The van der Waals surface area contributed by atoms with Gasteiger partial charge < -0.3 is 15.8 Å². The Morgan fingerprint density at radius 2 is 1.77 bits per heavy atom. The number of nitrogen functional groups attached to an aromatic ring is 1. The molecule has 5 heteroatoms. The molecule has 206 valence electrons. The molecule has 3 aliphatic rings. The van der Waals surface area contributed by atoms with Crippen molar-refractivity contribution in [3.05, 3.63) is 86.8 Å². The molecule has 0 bridgehead atoms. The Morgan fingerprint density at radius 3 is 2.44 bits per heavy atom. The molecule has 2 aromatic rings. The van der Waals surface area contributed by atoms with Gasteiger partial charge in [0.15, 0.2) is 5.78 Å². The number of hydrogen-bond donors (Lipinski definition) is 2. The van der Waals surface area contributed by atoms with E-state index in [0.29, 0.717) is 29.2 Å². The van der Waals surface area contributed by atoms with Gasteiger partial charge >= 0.3 is 5.97 Å². The van der Waals surface area contributed by atoms with E-state index in [9.17, 15) is 9.59 Å². The van der Waals surface area contributed by atoms with Gasteiger partial charge in [-0.05, 0) is 93.2 Å². The predicted molar refractivity (Wildman–Crippen MR) is 156 cm³/mol. The van der Waals surface area contributed by atoms with Crippen LogP contribution >= 0.6 is 0 Å². The quantitative estimate of drug-likeness (QED) is 0.298.